The molecule has 9 heteroatoms. The molecule has 1 atom stereocenters. The number of nitrogens with one attached hydrogen (secondary N) is 2. The molecule has 1 fully saturated rings. The number of thiazole rings is 1. The molecule has 0 spiro atoms. The van der Waals surface area contributed by atoms with Gasteiger partial charge in [-0.3, -0.25) is 10.1 Å². The maximum absolute atomic E-state index is 13.0. The minimum Gasteiger partial charge on any atom is -0.463 e. The number of aromatic nitrogens is 1. The van der Waals surface area contributed by atoms with Crippen LogP contribution in [0.4, 0.5) is 13.9 Å². The summed E-state index contributed by atoms with van der Waals surface area (Å²) >= 11 is 1.22. The van der Waals surface area contributed by atoms with Crippen LogP contribution in [0.5, 0.6) is 0 Å². The van der Waals surface area contributed by atoms with Crippen molar-refractivity contribution in [2.75, 3.05) is 11.9 Å². The van der Waals surface area contributed by atoms with E-state index < -0.39 is 30.8 Å². The number of carbonyl (C=O) groups is 1. The van der Waals surface area contributed by atoms with Crippen molar-refractivity contribution < 1.29 is 18.0 Å². The summed E-state index contributed by atoms with van der Waals surface area (Å²) in [5.74, 6) is -2.74. The van der Waals surface area contributed by atoms with Crippen molar-refractivity contribution in [3.63, 3.8) is 0 Å². The van der Waals surface area contributed by atoms with Crippen molar-refractivity contribution in [2.24, 2.45) is 0 Å². The number of hydrogen-bond donors (Lipinski definition) is 2. The molecule has 3 rings (SSSR count). The van der Waals surface area contributed by atoms with E-state index in [2.05, 4.69) is 15.6 Å². The van der Waals surface area contributed by atoms with E-state index in [-0.39, 0.29) is 12.4 Å². The molecule has 5 nitrogen and oxygen atoms in total. The standard InChI is InChI=1S/C12H11F2N3O2S.ClH/c13-12(14)4-7(15-6-12)10(18)17-11-16-8(5-20-11)9-2-1-3-19-9;/h1-3,5,7,15H,4,6H2,(H,16,17,18);1H. The minimum atomic E-state index is -2.83. The highest BCUT2D eigenvalue weighted by Gasteiger charge is 2.42. The maximum atomic E-state index is 13.0. The Kier molecular flexibility index (Phi) is 4.60. The predicted molar refractivity (Wildman–Crippen MR) is 77.0 cm³/mol. The molecule has 2 aromatic heterocycles. The highest BCUT2D eigenvalue weighted by atomic mass is 35.5. The smallest absolute Gasteiger partial charge is 0.262 e. The Bertz CT molecular complexity index is 618. The van der Waals surface area contributed by atoms with Gasteiger partial charge in [-0.2, -0.15) is 0 Å². The van der Waals surface area contributed by atoms with Gasteiger partial charge in [-0.1, -0.05) is 0 Å². The molecule has 3 heterocycles. The highest BCUT2D eigenvalue weighted by Crippen LogP contribution is 2.28. The highest BCUT2D eigenvalue weighted by molar-refractivity contribution is 7.14. The summed E-state index contributed by atoms with van der Waals surface area (Å²) in [6.07, 6.45) is 1.03. The summed E-state index contributed by atoms with van der Waals surface area (Å²) < 4.78 is 31.2. The molecule has 1 saturated heterocycles. The van der Waals surface area contributed by atoms with Gasteiger partial charge in [0.2, 0.25) is 5.91 Å². The quantitative estimate of drug-likeness (QED) is 0.905. The molecule has 0 aliphatic carbocycles. The number of alkyl halides is 2. The molecule has 0 bridgehead atoms. The van der Waals surface area contributed by atoms with Crippen molar-refractivity contribution in [1.29, 1.82) is 0 Å². The average Bonchev–Trinajstić information content (AvgIpc) is 3.07. The summed E-state index contributed by atoms with van der Waals surface area (Å²) in [6.45, 7) is -0.472. The zero-order valence-electron chi connectivity index (χ0n) is 10.6. The van der Waals surface area contributed by atoms with Crippen molar-refractivity contribution >= 4 is 34.8 Å². The van der Waals surface area contributed by atoms with Gasteiger partial charge in [0, 0.05) is 11.8 Å². The lowest BCUT2D eigenvalue weighted by Gasteiger charge is -2.08. The van der Waals surface area contributed by atoms with Crippen LogP contribution in [0.15, 0.2) is 28.2 Å². The zero-order chi connectivity index (χ0) is 14.2. The fraction of sp³-hybridized carbons (Fsp3) is 0.333. The van der Waals surface area contributed by atoms with Crippen LogP contribution in [-0.4, -0.2) is 29.4 Å². The Morgan fingerprint density at radius 1 is 1.57 bits per heavy atom. The molecule has 0 saturated carbocycles. The third kappa shape index (κ3) is 3.58. The molecule has 2 aromatic rings. The van der Waals surface area contributed by atoms with Crippen molar-refractivity contribution in [2.45, 2.75) is 18.4 Å². The van der Waals surface area contributed by atoms with E-state index in [4.69, 9.17) is 4.42 Å². The topological polar surface area (TPSA) is 67.2 Å². The first-order valence-corrected chi connectivity index (χ1v) is 6.83. The summed E-state index contributed by atoms with van der Waals surface area (Å²) in [5.41, 5.74) is 0.597. The second-order valence-electron chi connectivity index (χ2n) is 4.50. The Hall–Kier alpha value is -1.51. The van der Waals surface area contributed by atoms with E-state index in [1.807, 2.05) is 0 Å². The van der Waals surface area contributed by atoms with E-state index >= 15 is 0 Å². The van der Waals surface area contributed by atoms with E-state index in [0.29, 0.717) is 16.6 Å². The summed E-state index contributed by atoms with van der Waals surface area (Å²) in [6, 6.07) is 2.60. The SMILES string of the molecule is Cl.O=C(Nc1nc(-c2ccco2)cs1)C1CC(F)(F)CN1. The van der Waals surface area contributed by atoms with E-state index in [0.717, 1.165) is 0 Å². The number of rotatable bonds is 3. The van der Waals surface area contributed by atoms with Crippen LogP contribution in [0.1, 0.15) is 6.42 Å². The van der Waals surface area contributed by atoms with Gasteiger partial charge in [0.25, 0.3) is 5.92 Å². The monoisotopic (exact) mass is 335 g/mol. The normalized spacial score (nSPS) is 20.0. The van der Waals surface area contributed by atoms with E-state index in [9.17, 15) is 13.6 Å². The third-order valence-electron chi connectivity index (χ3n) is 2.93. The molecular formula is C12H12ClF2N3O2S. The molecule has 1 unspecified atom stereocenters. The summed E-state index contributed by atoms with van der Waals surface area (Å²) in [4.78, 5) is 16.0. The number of carbonyl (C=O) groups excluding carboxylic acids is 1. The first-order chi connectivity index (χ1) is 9.53. The minimum absolute atomic E-state index is 0. The Morgan fingerprint density at radius 3 is 3.00 bits per heavy atom. The maximum Gasteiger partial charge on any atom is 0.262 e. The lowest BCUT2D eigenvalue weighted by molar-refractivity contribution is -0.118. The Balaban J connectivity index is 0.00000161. The molecular weight excluding hydrogens is 324 g/mol. The van der Waals surface area contributed by atoms with Crippen LogP contribution in [0.3, 0.4) is 0 Å². The van der Waals surface area contributed by atoms with Gasteiger partial charge >= 0.3 is 0 Å². The van der Waals surface area contributed by atoms with Gasteiger partial charge < -0.3 is 9.73 Å². The van der Waals surface area contributed by atoms with Crippen LogP contribution < -0.4 is 10.6 Å². The molecule has 21 heavy (non-hydrogen) atoms. The fourth-order valence-electron chi connectivity index (χ4n) is 1.96. The third-order valence-corrected chi connectivity index (χ3v) is 3.69. The Labute approximate surface area is 129 Å². The fourth-order valence-corrected chi connectivity index (χ4v) is 2.66. The lowest BCUT2D eigenvalue weighted by Crippen LogP contribution is -2.35. The summed E-state index contributed by atoms with van der Waals surface area (Å²) in [7, 11) is 0. The van der Waals surface area contributed by atoms with Gasteiger partial charge in [-0.25, -0.2) is 13.8 Å². The van der Waals surface area contributed by atoms with Crippen LogP contribution >= 0.6 is 23.7 Å². The van der Waals surface area contributed by atoms with Gasteiger partial charge in [0.1, 0.15) is 5.69 Å². The van der Waals surface area contributed by atoms with Crippen molar-refractivity contribution in [3.8, 4) is 11.5 Å². The number of halogens is 3. The van der Waals surface area contributed by atoms with E-state index in [1.54, 1.807) is 17.5 Å². The number of furan rings is 1. The summed E-state index contributed by atoms with van der Waals surface area (Å²) in [5, 5.41) is 7.12. The molecule has 0 radical (unpaired) electrons. The first-order valence-electron chi connectivity index (χ1n) is 5.95. The second-order valence-corrected chi connectivity index (χ2v) is 5.36. The van der Waals surface area contributed by atoms with Gasteiger partial charge in [0.15, 0.2) is 10.9 Å². The van der Waals surface area contributed by atoms with Gasteiger partial charge in [-0.05, 0) is 12.1 Å². The molecule has 1 amide bonds. The number of hydrogen-bond acceptors (Lipinski definition) is 5. The van der Waals surface area contributed by atoms with Crippen LogP contribution in [0.25, 0.3) is 11.5 Å². The number of nitrogens with zero attached hydrogens (tertiary/aromatic N) is 1. The average molecular weight is 336 g/mol. The van der Waals surface area contributed by atoms with Crippen LogP contribution in [0, 0.1) is 0 Å². The lowest BCUT2D eigenvalue weighted by atomic mass is 10.2. The van der Waals surface area contributed by atoms with Crippen molar-refractivity contribution in [1.82, 2.24) is 10.3 Å². The molecule has 2 N–H and O–H groups in total. The van der Waals surface area contributed by atoms with Gasteiger partial charge in [0.05, 0.1) is 18.8 Å². The predicted octanol–water partition coefficient (Wildman–Crippen LogP) is 2.76. The number of anilines is 1. The van der Waals surface area contributed by atoms with Gasteiger partial charge in [-0.15, -0.1) is 23.7 Å². The molecule has 1 aliphatic heterocycles. The Morgan fingerprint density at radius 2 is 2.38 bits per heavy atom. The second kappa shape index (κ2) is 6.08. The van der Waals surface area contributed by atoms with Crippen LogP contribution in [0.2, 0.25) is 0 Å². The first kappa shape index (κ1) is 15.9. The molecule has 0 aromatic carbocycles. The number of amides is 1. The largest absolute Gasteiger partial charge is 0.463 e. The van der Waals surface area contributed by atoms with E-state index in [1.165, 1.54) is 17.6 Å². The molecule has 1 aliphatic rings. The van der Waals surface area contributed by atoms with Crippen molar-refractivity contribution in [3.05, 3.63) is 23.8 Å². The zero-order valence-corrected chi connectivity index (χ0v) is 12.3. The molecule has 114 valence electrons. The van der Waals surface area contributed by atoms with Crippen LogP contribution in [-0.2, 0) is 4.79 Å².